The number of urea groups is 1. The Hall–Kier alpha value is -1.70. The largest absolute Gasteiger partial charge is 0.351 e. The van der Waals surface area contributed by atoms with Gasteiger partial charge >= 0.3 is 6.03 Å². The fourth-order valence-electron chi connectivity index (χ4n) is 1.01. The molecule has 0 saturated heterocycles. The fourth-order valence-corrected chi connectivity index (χ4v) is 1.18. The number of hydrogen-bond donors (Lipinski definition) is 3. The van der Waals surface area contributed by atoms with Gasteiger partial charge in [-0.15, -0.1) is 0 Å². The topological polar surface area (TPSA) is 81.1 Å². The van der Waals surface area contributed by atoms with Crippen LogP contribution in [0.4, 0.5) is 10.5 Å². The van der Waals surface area contributed by atoms with Gasteiger partial charge in [0.15, 0.2) is 0 Å². The minimum Gasteiger partial charge on any atom is -0.351 e. The van der Waals surface area contributed by atoms with Crippen molar-refractivity contribution in [2.75, 3.05) is 11.9 Å². The average molecular weight is 224 g/mol. The van der Waals surface area contributed by atoms with Crippen molar-refractivity contribution in [1.29, 1.82) is 0 Å². The lowest BCUT2D eigenvalue weighted by Gasteiger charge is -2.04. The molecule has 5 heteroatoms. The Bertz CT molecular complexity index is 434. The molecule has 0 unspecified atom stereocenters. The molecule has 0 aliphatic carbocycles. The molecule has 4 nitrogen and oxygen atoms in total. The molecule has 1 aromatic rings. The smallest absolute Gasteiger partial charge is 0.316 e. The van der Waals surface area contributed by atoms with Crippen LogP contribution in [0.25, 0.3) is 0 Å². The molecule has 0 fully saturated rings. The molecular formula is C10H10ClN3O. The Balaban J connectivity index is 3.08. The molecule has 0 radical (unpaired) electrons. The fraction of sp³-hybridized carbons (Fsp3) is 0.100. The number of carbonyl (C=O) groups is 1. The van der Waals surface area contributed by atoms with Gasteiger partial charge < -0.3 is 16.8 Å². The Morgan fingerprint density at radius 1 is 1.53 bits per heavy atom. The van der Waals surface area contributed by atoms with Crippen molar-refractivity contribution in [3.05, 3.63) is 28.8 Å². The van der Waals surface area contributed by atoms with E-state index in [-0.39, 0.29) is 6.54 Å². The molecule has 78 valence electrons. The summed E-state index contributed by atoms with van der Waals surface area (Å²) in [4.78, 5) is 10.7. The van der Waals surface area contributed by atoms with E-state index in [0.717, 1.165) is 0 Å². The van der Waals surface area contributed by atoms with Gasteiger partial charge in [0.1, 0.15) is 0 Å². The first kappa shape index (κ1) is 11.4. The van der Waals surface area contributed by atoms with Crippen molar-refractivity contribution in [1.82, 2.24) is 0 Å². The highest BCUT2D eigenvalue weighted by Gasteiger charge is 2.02. The Labute approximate surface area is 92.6 Å². The molecule has 2 amide bonds. The second-order valence-electron chi connectivity index (χ2n) is 2.69. The second kappa shape index (κ2) is 5.25. The molecule has 0 atom stereocenters. The second-order valence-corrected chi connectivity index (χ2v) is 3.12. The van der Waals surface area contributed by atoms with Gasteiger partial charge in [-0.3, -0.25) is 0 Å². The summed E-state index contributed by atoms with van der Waals surface area (Å²) in [6, 6.07) is 4.28. The summed E-state index contributed by atoms with van der Waals surface area (Å²) >= 11 is 5.77. The highest BCUT2D eigenvalue weighted by atomic mass is 35.5. The van der Waals surface area contributed by atoms with Crippen LogP contribution in [0.5, 0.6) is 0 Å². The van der Waals surface area contributed by atoms with Gasteiger partial charge in [0.25, 0.3) is 0 Å². The van der Waals surface area contributed by atoms with Crippen LogP contribution in [-0.4, -0.2) is 12.6 Å². The van der Waals surface area contributed by atoms with Gasteiger partial charge in [-0.2, -0.15) is 0 Å². The molecule has 0 heterocycles. The Morgan fingerprint density at radius 2 is 2.27 bits per heavy atom. The van der Waals surface area contributed by atoms with Crippen LogP contribution in [0, 0.1) is 11.8 Å². The number of primary amides is 1. The van der Waals surface area contributed by atoms with Gasteiger partial charge in [-0.1, -0.05) is 23.4 Å². The first-order valence-corrected chi connectivity index (χ1v) is 4.56. The Morgan fingerprint density at radius 3 is 2.87 bits per heavy atom. The Kier molecular flexibility index (Phi) is 3.98. The molecule has 0 bridgehead atoms. The van der Waals surface area contributed by atoms with E-state index in [4.69, 9.17) is 23.1 Å². The van der Waals surface area contributed by atoms with Gasteiger partial charge in [0, 0.05) is 10.6 Å². The van der Waals surface area contributed by atoms with E-state index in [1.807, 2.05) is 0 Å². The molecule has 0 aromatic heterocycles. The number of nitrogens with one attached hydrogen (secondary N) is 1. The highest BCUT2D eigenvalue weighted by molar-refractivity contribution is 6.31. The summed E-state index contributed by atoms with van der Waals surface area (Å²) in [5, 5.41) is 2.93. The maximum absolute atomic E-state index is 10.7. The molecule has 0 aliphatic rings. The number of hydrogen-bond acceptors (Lipinski definition) is 2. The third-order valence-corrected chi connectivity index (χ3v) is 1.80. The van der Waals surface area contributed by atoms with E-state index in [9.17, 15) is 4.79 Å². The summed E-state index contributed by atoms with van der Waals surface area (Å²) in [5.74, 6) is 5.48. The zero-order valence-corrected chi connectivity index (χ0v) is 8.64. The molecule has 0 spiro atoms. The quantitative estimate of drug-likeness (QED) is 0.624. The number of anilines is 1. The average Bonchev–Trinajstić information content (AvgIpc) is 2.16. The lowest BCUT2D eigenvalue weighted by molar-refractivity contribution is 0.259. The number of benzene rings is 1. The number of amides is 2. The molecule has 0 saturated carbocycles. The number of rotatable bonds is 1. The molecule has 5 N–H and O–H groups in total. The summed E-state index contributed by atoms with van der Waals surface area (Å²) in [5.41, 5.74) is 11.4. The number of carbonyl (C=O) groups excluding carboxylic acids is 1. The normalized spacial score (nSPS) is 8.93. The van der Waals surface area contributed by atoms with Gasteiger partial charge in [-0.05, 0) is 18.2 Å². The third-order valence-electron chi connectivity index (χ3n) is 1.56. The van der Waals surface area contributed by atoms with Crippen molar-refractivity contribution in [2.45, 2.75) is 0 Å². The maximum Gasteiger partial charge on any atom is 0.316 e. The van der Waals surface area contributed by atoms with Crippen molar-refractivity contribution in [2.24, 2.45) is 11.5 Å². The number of halogens is 1. The highest BCUT2D eigenvalue weighted by Crippen LogP contribution is 2.20. The number of nitrogens with two attached hydrogens (primary N) is 2. The molecular weight excluding hydrogens is 214 g/mol. The summed E-state index contributed by atoms with van der Waals surface area (Å²) in [7, 11) is 0. The molecule has 15 heavy (non-hydrogen) atoms. The maximum atomic E-state index is 10.7. The van der Waals surface area contributed by atoms with Crippen LogP contribution in [0.15, 0.2) is 18.2 Å². The van der Waals surface area contributed by atoms with Gasteiger partial charge in [0.2, 0.25) is 0 Å². The van der Waals surface area contributed by atoms with Crippen LogP contribution in [0.1, 0.15) is 5.56 Å². The van der Waals surface area contributed by atoms with Crippen LogP contribution < -0.4 is 16.8 Å². The van der Waals surface area contributed by atoms with Crippen LogP contribution in [0.2, 0.25) is 5.02 Å². The van der Waals surface area contributed by atoms with E-state index in [0.29, 0.717) is 16.3 Å². The monoisotopic (exact) mass is 223 g/mol. The predicted molar refractivity (Wildman–Crippen MR) is 60.6 cm³/mol. The standard InChI is InChI=1S/C10H10ClN3O/c11-8-4-3-7(2-1-5-12)9(6-8)14-10(13)15/h3-4,6H,5,12H2,(H3,13,14,15). The first-order valence-electron chi connectivity index (χ1n) is 4.18. The lowest BCUT2D eigenvalue weighted by Crippen LogP contribution is -2.19. The van der Waals surface area contributed by atoms with Crippen molar-refractivity contribution < 1.29 is 4.79 Å². The third kappa shape index (κ3) is 3.50. The van der Waals surface area contributed by atoms with E-state index < -0.39 is 6.03 Å². The first-order chi connectivity index (χ1) is 7.13. The minimum absolute atomic E-state index is 0.249. The van der Waals surface area contributed by atoms with E-state index in [2.05, 4.69) is 17.2 Å². The van der Waals surface area contributed by atoms with Crippen molar-refractivity contribution >= 4 is 23.3 Å². The molecule has 0 aliphatic heterocycles. The van der Waals surface area contributed by atoms with Gasteiger partial charge in [0.05, 0.1) is 12.2 Å². The SMILES string of the molecule is NCC#Cc1ccc(Cl)cc1NC(N)=O. The van der Waals surface area contributed by atoms with Crippen molar-refractivity contribution in [3.63, 3.8) is 0 Å². The van der Waals surface area contributed by atoms with Crippen LogP contribution in [0.3, 0.4) is 0 Å². The summed E-state index contributed by atoms with van der Waals surface area (Å²) in [6.45, 7) is 0.249. The molecule has 1 rings (SSSR count). The zero-order valence-electron chi connectivity index (χ0n) is 7.88. The zero-order chi connectivity index (χ0) is 11.3. The predicted octanol–water partition coefficient (Wildman–Crippen LogP) is 1.14. The van der Waals surface area contributed by atoms with Crippen LogP contribution >= 0.6 is 11.6 Å². The van der Waals surface area contributed by atoms with E-state index in [1.165, 1.54) is 0 Å². The summed E-state index contributed by atoms with van der Waals surface area (Å²) in [6.07, 6.45) is 0. The van der Waals surface area contributed by atoms with Crippen molar-refractivity contribution in [3.8, 4) is 11.8 Å². The van der Waals surface area contributed by atoms with Gasteiger partial charge in [-0.25, -0.2) is 4.79 Å². The molecule has 1 aromatic carbocycles. The van der Waals surface area contributed by atoms with E-state index in [1.54, 1.807) is 18.2 Å². The van der Waals surface area contributed by atoms with E-state index >= 15 is 0 Å². The minimum atomic E-state index is -0.659. The van der Waals surface area contributed by atoms with Crippen LogP contribution in [-0.2, 0) is 0 Å². The summed E-state index contributed by atoms with van der Waals surface area (Å²) < 4.78 is 0. The lowest BCUT2D eigenvalue weighted by atomic mass is 10.2.